The number of ether oxygens (including phenoxy) is 1. The zero-order valence-corrected chi connectivity index (χ0v) is 11.6. The molecule has 2 aliphatic heterocycles. The molecule has 0 aliphatic carbocycles. The first-order valence-electron chi connectivity index (χ1n) is 6.40. The van der Waals surface area contributed by atoms with Gasteiger partial charge >= 0.3 is 6.09 Å². The Morgan fingerprint density at radius 3 is 3.10 bits per heavy atom. The fourth-order valence-corrected chi connectivity index (χ4v) is 3.11. The number of thioether (sulfide) groups is 1. The third-order valence-corrected chi connectivity index (χ3v) is 4.16. The fourth-order valence-electron chi connectivity index (χ4n) is 2.17. The van der Waals surface area contributed by atoms with E-state index in [1.54, 1.807) is 22.7 Å². The molecule has 20 heavy (non-hydrogen) atoms. The number of amides is 2. The number of nitrogens with one attached hydrogen (secondary N) is 2. The van der Waals surface area contributed by atoms with Crippen LogP contribution in [0, 0.1) is 0 Å². The van der Waals surface area contributed by atoms with E-state index < -0.39 is 0 Å². The van der Waals surface area contributed by atoms with E-state index in [1.807, 2.05) is 18.2 Å². The molecule has 0 radical (unpaired) electrons. The molecular weight excluding hydrogens is 278 g/mol. The Kier molecular flexibility index (Phi) is 3.79. The lowest BCUT2D eigenvalue weighted by Crippen LogP contribution is -2.37. The van der Waals surface area contributed by atoms with E-state index in [0.29, 0.717) is 18.8 Å². The maximum Gasteiger partial charge on any atom is 0.414 e. The average molecular weight is 293 g/mol. The second-order valence-electron chi connectivity index (χ2n) is 4.58. The molecule has 6 nitrogen and oxygen atoms in total. The second kappa shape index (κ2) is 5.72. The smallest absolute Gasteiger partial charge is 0.414 e. The van der Waals surface area contributed by atoms with Crippen molar-refractivity contribution in [3.63, 3.8) is 0 Å². The fraction of sp³-hybridized carbons (Fsp3) is 0.385. The molecule has 2 heterocycles. The molecule has 2 saturated heterocycles. The lowest BCUT2D eigenvalue weighted by Gasteiger charge is -2.15. The van der Waals surface area contributed by atoms with Gasteiger partial charge in [0.15, 0.2) is 0 Å². The molecule has 0 aromatic heterocycles. The highest BCUT2D eigenvalue weighted by molar-refractivity contribution is 7.99. The molecule has 3 rings (SSSR count). The highest BCUT2D eigenvalue weighted by Gasteiger charge is 2.25. The number of carbonyl (C=O) groups is 2. The van der Waals surface area contributed by atoms with Crippen molar-refractivity contribution in [3.8, 4) is 0 Å². The average Bonchev–Trinajstić information content (AvgIpc) is 3.10. The number of rotatable bonds is 3. The summed E-state index contributed by atoms with van der Waals surface area (Å²) in [5, 5.41) is 5.99. The van der Waals surface area contributed by atoms with Gasteiger partial charge in [-0.25, -0.2) is 4.79 Å². The van der Waals surface area contributed by atoms with Crippen molar-refractivity contribution in [1.29, 1.82) is 0 Å². The topological polar surface area (TPSA) is 70.7 Å². The van der Waals surface area contributed by atoms with Gasteiger partial charge in [0.2, 0.25) is 5.91 Å². The molecule has 0 spiro atoms. The molecule has 2 amide bonds. The predicted molar refractivity (Wildman–Crippen MR) is 78.0 cm³/mol. The van der Waals surface area contributed by atoms with Crippen LogP contribution in [0.1, 0.15) is 0 Å². The molecule has 1 aromatic carbocycles. The summed E-state index contributed by atoms with van der Waals surface area (Å²) in [6.07, 6.45) is -0.345. The van der Waals surface area contributed by atoms with Crippen LogP contribution in [-0.2, 0) is 9.53 Å². The summed E-state index contributed by atoms with van der Waals surface area (Å²) < 4.78 is 4.91. The van der Waals surface area contributed by atoms with Gasteiger partial charge < -0.3 is 10.1 Å². The van der Waals surface area contributed by atoms with Crippen molar-refractivity contribution in [1.82, 2.24) is 5.32 Å². The minimum absolute atomic E-state index is 0.0452. The van der Waals surface area contributed by atoms with Crippen molar-refractivity contribution in [2.45, 2.75) is 6.04 Å². The number of carbonyl (C=O) groups excluding carboxylic acids is 2. The Hall–Kier alpha value is -1.73. The van der Waals surface area contributed by atoms with Crippen LogP contribution in [0.5, 0.6) is 0 Å². The van der Waals surface area contributed by atoms with Crippen LogP contribution in [0.2, 0.25) is 0 Å². The zero-order valence-electron chi connectivity index (χ0n) is 10.8. The van der Waals surface area contributed by atoms with Gasteiger partial charge in [0.05, 0.1) is 12.6 Å². The zero-order chi connectivity index (χ0) is 13.9. The molecule has 1 atom stereocenters. The van der Waals surface area contributed by atoms with Gasteiger partial charge in [0.25, 0.3) is 0 Å². The van der Waals surface area contributed by atoms with E-state index in [9.17, 15) is 9.59 Å². The van der Waals surface area contributed by atoms with E-state index >= 15 is 0 Å². The first kappa shape index (κ1) is 13.3. The number of benzene rings is 1. The molecular formula is C13H15N3O3S. The molecule has 1 aromatic rings. The largest absolute Gasteiger partial charge is 0.447 e. The summed E-state index contributed by atoms with van der Waals surface area (Å²) in [6.45, 7) is 0.940. The first-order valence-corrected chi connectivity index (χ1v) is 7.56. The molecule has 0 bridgehead atoms. The summed E-state index contributed by atoms with van der Waals surface area (Å²) in [4.78, 5) is 25.1. The summed E-state index contributed by atoms with van der Waals surface area (Å²) in [5.41, 5.74) is 1.42. The maximum atomic E-state index is 12.0. The number of cyclic esters (lactones) is 1. The van der Waals surface area contributed by atoms with Crippen LogP contribution < -0.4 is 15.5 Å². The Labute approximate surface area is 120 Å². The van der Waals surface area contributed by atoms with Gasteiger partial charge in [-0.05, 0) is 18.2 Å². The van der Waals surface area contributed by atoms with Crippen molar-refractivity contribution in [2.24, 2.45) is 0 Å². The van der Waals surface area contributed by atoms with Gasteiger partial charge in [0, 0.05) is 23.0 Å². The minimum atomic E-state index is -0.345. The Morgan fingerprint density at radius 2 is 2.40 bits per heavy atom. The number of nitrogens with zero attached hydrogens (tertiary/aromatic N) is 1. The Bertz CT molecular complexity index is 531. The summed E-state index contributed by atoms with van der Waals surface area (Å²) >= 11 is 1.70. The number of hydrogen-bond acceptors (Lipinski definition) is 5. The standard InChI is InChI=1S/C13H15N3O3S/c17-12(11-7-20-8-14-11)15-9-2-1-3-10(6-9)16-4-5-19-13(16)18/h1-3,6,11,14H,4-5,7-8H2,(H,15,17). The molecule has 2 N–H and O–H groups in total. The van der Waals surface area contributed by atoms with Gasteiger partial charge in [0.1, 0.15) is 6.61 Å². The van der Waals surface area contributed by atoms with Crippen molar-refractivity contribution < 1.29 is 14.3 Å². The normalized spacial score (nSPS) is 21.9. The number of hydrogen-bond donors (Lipinski definition) is 2. The van der Waals surface area contributed by atoms with Crippen LogP contribution in [-0.4, -0.2) is 42.8 Å². The van der Waals surface area contributed by atoms with Crippen LogP contribution in [0.4, 0.5) is 16.2 Å². The molecule has 7 heteroatoms. The van der Waals surface area contributed by atoms with Crippen molar-refractivity contribution in [2.75, 3.05) is 35.0 Å². The van der Waals surface area contributed by atoms with E-state index in [2.05, 4.69) is 10.6 Å². The highest BCUT2D eigenvalue weighted by Crippen LogP contribution is 2.23. The molecule has 0 saturated carbocycles. The van der Waals surface area contributed by atoms with Crippen LogP contribution in [0.3, 0.4) is 0 Å². The maximum absolute atomic E-state index is 12.0. The SMILES string of the molecule is O=C(Nc1cccc(N2CCOC2=O)c1)C1CSCN1. The quantitative estimate of drug-likeness (QED) is 0.877. The Balaban J connectivity index is 1.70. The predicted octanol–water partition coefficient (Wildman–Crippen LogP) is 1.24. The van der Waals surface area contributed by atoms with Crippen molar-refractivity contribution >= 4 is 35.1 Å². The lowest BCUT2D eigenvalue weighted by atomic mass is 10.2. The molecule has 1 unspecified atom stereocenters. The monoisotopic (exact) mass is 293 g/mol. The van der Waals surface area contributed by atoms with E-state index in [4.69, 9.17) is 4.74 Å². The molecule has 106 valence electrons. The molecule has 2 fully saturated rings. The minimum Gasteiger partial charge on any atom is -0.447 e. The molecule has 2 aliphatic rings. The van der Waals surface area contributed by atoms with Gasteiger partial charge in [-0.2, -0.15) is 0 Å². The summed E-state index contributed by atoms with van der Waals surface area (Å²) in [6, 6.07) is 7.08. The van der Waals surface area contributed by atoms with Gasteiger partial charge in [-0.1, -0.05) is 6.07 Å². The van der Waals surface area contributed by atoms with Gasteiger partial charge in [-0.15, -0.1) is 11.8 Å². The second-order valence-corrected chi connectivity index (χ2v) is 5.61. The number of anilines is 2. The van der Waals surface area contributed by atoms with Crippen LogP contribution in [0.25, 0.3) is 0 Å². The summed E-state index contributed by atoms with van der Waals surface area (Å²) in [7, 11) is 0. The van der Waals surface area contributed by atoms with Crippen molar-refractivity contribution in [3.05, 3.63) is 24.3 Å². The highest BCUT2D eigenvalue weighted by atomic mass is 32.2. The van der Waals surface area contributed by atoms with E-state index in [1.165, 1.54) is 0 Å². The first-order chi connectivity index (χ1) is 9.74. The van der Waals surface area contributed by atoms with Crippen LogP contribution in [0.15, 0.2) is 24.3 Å². The summed E-state index contributed by atoms with van der Waals surface area (Å²) in [5.74, 6) is 1.54. The van der Waals surface area contributed by atoms with Crippen LogP contribution >= 0.6 is 11.8 Å². The third-order valence-electron chi connectivity index (χ3n) is 3.22. The third kappa shape index (κ3) is 2.73. The van der Waals surface area contributed by atoms with E-state index in [-0.39, 0.29) is 18.0 Å². The lowest BCUT2D eigenvalue weighted by molar-refractivity contribution is -0.117. The van der Waals surface area contributed by atoms with Gasteiger partial charge in [-0.3, -0.25) is 15.0 Å². The Morgan fingerprint density at radius 1 is 1.50 bits per heavy atom. The van der Waals surface area contributed by atoms with E-state index in [0.717, 1.165) is 17.3 Å².